The number of dihydropyridines is 1. The Kier molecular flexibility index (Phi) is 6.73. The molecule has 2 aromatic carbocycles. The molecule has 1 aliphatic heterocycles. The molecule has 8 heteroatoms. The molecule has 1 heterocycles. The number of Topliss-reactive ketones (excluding diaryl/α,β-unsaturated/α-hetero) is 1. The zero-order valence-electron chi connectivity index (χ0n) is 19.9. The monoisotopic (exact) mass is 479 g/mol. The molecule has 0 spiro atoms. The number of allylic oxidation sites excluding steroid dienone is 3. The fourth-order valence-corrected chi connectivity index (χ4v) is 4.97. The molecule has 3 atom stereocenters. The topological polar surface area (TPSA) is 90.9 Å². The summed E-state index contributed by atoms with van der Waals surface area (Å²) in [5.74, 6) is -3.95. The predicted molar refractivity (Wildman–Crippen MR) is 125 cm³/mol. The quantitative estimate of drug-likeness (QED) is 0.516. The van der Waals surface area contributed by atoms with Gasteiger partial charge in [0, 0.05) is 28.8 Å². The van der Waals surface area contributed by atoms with Crippen LogP contribution in [0.2, 0.25) is 0 Å². The highest BCUT2D eigenvalue weighted by atomic mass is 19.1. The van der Waals surface area contributed by atoms with Gasteiger partial charge < -0.3 is 19.5 Å². The number of halogens is 1. The highest BCUT2D eigenvalue weighted by molar-refractivity contribution is 6.13. The minimum absolute atomic E-state index is 0.234. The summed E-state index contributed by atoms with van der Waals surface area (Å²) in [6, 6.07) is 12.8. The number of hydrogen-bond donors (Lipinski definition) is 1. The molecule has 0 saturated heterocycles. The van der Waals surface area contributed by atoms with Crippen molar-refractivity contribution in [3.05, 3.63) is 88.0 Å². The van der Waals surface area contributed by atoms with E-state index >= 15 is 0 Å². The maximum Gasteiger partial charge on any atom is 0.336 e. The van der Waals surface area contributed by atoms with Crippen LogP contribution in [0.25, 0.3) is 0 Å². The molecule has 0 aromatic heterocycles. The van der Waals surface area contributed by atoms with Crippen molar-refractivity contribution in [2.24, 2.45) is 5.92 Å². The third kappa shape index (κ3) is 4.32. The van der Waals surface area contributed by atoms with Crippen molar-refractivity contribution in [1.29, 1.82) is 0 Å². The van der Waals surface area contributed by atoms with Gasteiger partial charge in [0.15, 0.2) is 5.78 Å². The van der Waals surface area contributed by atoms with Gasteiger partial charge in [-0.25, -0.2) is 9.18 Å². The summed E-state index contributed by atoms with van der Waals surface area (Å²) in [4.78, 5) is 39.7. The largest absolute Gasteiger partial charge is 0.497 e. The van der Waals surface area contributed by atoms with Crippen molar-refractivity contribution < 1.29 is 33.0 Å². The zero-order valence-corrected chi connectivity index (χ0v) is 19.9. The van der Waals surface area contributed by atoms with Crippen LogP contribution in [0.15, 0.2) is 71.1 Å². The van der Waals surface area contributed by atoms with Gasteiger partial charge >= 0.3 is 11.9 Å². The van der Waals surface area contributed by atoms with E-state index in [4.69, 9.17) is 14.2 Å². The third-order valence-electron chi connectivity index (χ3n) is 6.63. The second-order valence-corrected chi connectivity index (χ2v) is 8.48. The number of benzene rings is 2. The number of carbonyl (C=O) groups is 3. The third-order valence-corrected chi connectivity index (χ3v) is 6.63. The first-order chi connectivity index (χ1) is 16.8. The van der Waals surface area contributed by atoms with E-state index in [-0.39, 0.29) is 11.1 Å². The normalized spacial score (nSPS) is 21.7. The van der Waals surface area contributed by atoms with Crippen LogP contribution in [-0.2, 0) is 23.9 Å². The Bertz CT molecular complexity index is 1230. The zero-order chi connectivity index (χ0) is 25.3. The second kappa shape index (κ2) is 9.74. The van der Waals surface area contributed by atoms with E-state index in [1.807, 2.05) is 12.1 Å². The Morgan fingerprint density at radius 2 is 1.57 bits per heavy atom. The second-order valence-electron chi connectivity index (χ2n) is 8.48. The standard InChI is InChI=1S/C27H26FNO6/c1-14-21(26(31)34-3)22(16-5-9-17(28)10-6-16)24-20(29-14)13-19(23(25(24)30)27(32)35-4)15-7-11-18(33-2)12-8-15/h5-12,19,22-23,29H,13H2,1-4H3. The van der Waals surface area contributed by atoms with Gasteiger partial charge in [-0.15, -0.1) is 0 Å². The summed E-state index contributed by atoms with van der Waals surface area (Å²) in [7, 11) is 4.06. The molecule has 0 bridgehead atoms. The number of carbonyl (C=O) groups excluding carboxylic acids is 3. The Morgan fingerprint density at radius 1 is 0.943 bits per heavy atom. The molecule has 4 rings (SSSR count). The first-order valence-corrected chi connectivity index (χ1v) is 11.1. The van der Waals surface area contributed by atoms with Crippen molar-refractivity contribution in [2.45, 2.75) is 25.2 Å². The minimum atomic E-state index is -1.12. The summed E-state index contributed by atoms with van der Waals surface area (Å²) in [5.41, 5.74) is 2.97. The lowest BCUT2D eigenvalue weighted by Crippen LogP contribution is -2.43. The van der Waals surface area contributed by atoms with Crippen LogP contribution in [0.3, 0.4) is 0 Å². The number of nitrogens with one attached hydrogen (secondary N) is 1. The molecular formula is C27H26FNO6. The van der Waals surface area contributed by atoms with Crippen molar-refractivity contribution in [1.82, 2.24) is 5.32 Å². The fourth-order valence-electron chi connectivity index (χ4n) is 4.97. The molecule has 7 nitrogen and oxygen atoms in total. The van der Waals surface area contributed by atoms with E-state index in [0.29, 0.717) is 29.1 Å². The van der Waals surface area contributed by atoms with E-state index in [9.17, 15) is 18.8 Å². The van der Waals surface area contributed by atoms with Gasteiger partial charge in [-0.3, -0.25) is 9.59 Å². The molecule has 3 unspecified atom stereocenters. The molecule has 1 N–H and O–H groups in total. The van der Waals surface area contributed by atoms with Crippen LogP contribution in [-0.4, -0.2) is 39.1 Å². The number of methoxy groups -OCH3 is 3. The van der Waals surface area contributed by atoms with Gasteiger partial charge in [-0.1, -0.05) is 24.3 Å². The SMILES string of the molecule is COC(=O)C1=C(C)NC2=C(C(=O)C(C(=O)OC)C(c3ccc(OC)cc3)C2)C1c1ccc(F)cc1. The molecule has 0 radical (unpaired) electrons. The smallest absolute Gasteiger partial charge is 0.336 e. The van der Waals surface area contributed by atoms with Gasteiger partial charge in [0.2, 0.25) is 0 Å². The minimum Gasteiger partial charge on any atom is -0.497 e. The van der Waals surface area contributed by atoms with Gasteiger partial charge in [-0.05, 0) is 48.7 Å². The van der Waals surface area contributed by atoms with Gasteiger partial charge in [0.1, 0.15) is 17.5 Å². The number of esters is 2. The Labute approximate surface area is 202 Å². The first kappa shape index (κ1) is 24.2. The van der Waals surface area contributed by atoms with Crippen molar-refractivity contribution in [2.75, 3.05) is 21.3 Å². The predicted octanol–water partition coefficient (Wildman–Crippen LogP) is 3.77. The van der Waals surface area contributed by atoms with Crippen LogP contribution < -0.4 is 10.1 Å². The van der Waals surface area contributed by atoms with Crippen molar-refractivity contribution >= 4 is 17.7 Å². The lowest BCUT2D eigenvalue weighted by Gasteiger charge is -2.39. The molecule has 2 aromatic rings. The van der Waals surface area contributed by atoms with Crippen molar-refractivity contribution in [3.8, 4) is 5.75 Å². The highest BCUT2D eigenvalue weighted by Crippen LogP contribution is 2.48. The molecule has 2 aliphatic rings. The number of rotatable bonds is 5. The van der Waals surface area contributed by atoms with Crippen LogP contribution in [0, 0.1) is 11.7 Å². The lowest BCUT2D eigenvalue weighted by atomic mass is 9.67. The molecule has 1 aliphatic carbocycles. The number of ketones is 1. The van der Waals surface area contributed by atoms with Crippen molar-refractivity contribution in [3.63, 3.8) is 0 Å². The van der Waals surface area contributed by atoms with Gasteiger partial charge in [-0.2, -0.15) is 0 Å². The molecular weight excluding hydrogens is 453 g/mol. The van der Waals surface area contributed by atoms with E-state index in [1.54, 1.807) is 26.2 Å². The average Bonchev–Trinajstić information content (AvgIpc) is 2.87. The van der Waals surface area contributed by atoms with E-state index in [0.717, 1.165) is 5.56 Å². The van der Waals surface area contributed by atoms with Crippen LogP contribution in [0.4, 0.5) is 4.39 Å². The first-order valence-electron chi connectivity index (χ1n) is 11.1. The number of ether oxygens (including phenoxy) is 3. The van der Waals surface area contributed by atoms with E-state index < -0.39 is 41.3 Å². The van der Waals surface area contributed by atoms with Gasteiger partial charge in [0.05, 0.1) is 26.9 Å². The molecule has 35 heavy (non-hydrogen) atoms. The van der Waals surface area contributed by atoms with Gasteiger partial charge in [0.25, 0.3) is 0 Å². The maximum absolute atomic E-state index is 14.0. The maximum atomic E-state index is 14.0. The summed E-state index contributed by atoms with van der Waals surface area (Å²) in [5, 5.41) is 3.21. The van der Waals surface area contributed by atoms with Crippen LogP contribution in [0.5, 0.6) is 5.75 Å². The molecule has 0 saturated carbocycles. The molecule has 0 fully saturated rings. The summed E-state index contributed by atoms with van der Waals surface area (Å²) >= 11 is 0. The Hall–Kier alpha value is -3.94. The lowest BCUT2D eigenvalue weighted by molar-refractivity contribution is -0.150. The Morgan fingerprint density at radius 3 is 2.14 bits per heavy atom. The fraction of sp³-hybridized carbons (Fsp3) is 0.296. The summed E-state index contributed by atoms with van der Waals surface area (Å²) in [6.07, 6.45) is 0.330. The highest BCUT2D eigenvalue weighted by Gasteiger charge is 2.48. The molecule has 0 amide bonds. The van der Waals surface area contributed by atoms with Crippen LogP contribution in [0.1, 0.15) is 36.3 Å². The van der Waals surface area contributed by atoms with E-state index in [1.165, 1.54) is 38.5 Å². The number of hydrogen-bond acceptors (Lipinski definition) is 7. The molecule has 182 valence electrons. The summed E-state index contributed by atoms with van der Waals surface area (Å²) in [6.45, 7) is 1.73. The Balaban J connectivity index is 1.88. The average molecular weight is 480 g/mol. The van der Waals surface area contributed by atoms with E-state index in [2.05, 4.69) is 5.32 Å². The van der Waals surface area contributed by atoms with Crippen LogP contribution >= 0.6 is 0 Å². The summed E-state index contributed by atoms with van der Waals surface area (Å²) < 4.78 is 29.0.